The van der Waals surface area contributed by atoms with Crippen molar-refractivity contribution in [1.29, 1.82) is 0 Å². The molecule has 3 rings (SSSR count). The lowest BCUT2D eigenvalue weighted by molar-refractivity contribution is -0.384. The maximum absolute atomic E-state index is 12.7. The summed E-state index contributed by atoms with van der Waals surface area (Å²) in [4.78, 5) is 24.5. The van der Waals surface area contributed by atoms with E-state index in [1.165, 1.54) is 22.7 Å². The van der Waals surface area contributed by atoms with Crippen LogP contribution < -0.4 is 5.43 Å². The predicted molar refractivity (Wildman–Crippen MR) is 120 cm³/mol. The Bertz CT molecular complexity index is 1130. The molecule has 0 spiro atoms. The van der Waals surface area contributed by atoms with Gasteiger partial charge in [0.1, 0.15) is 5.02 Å². The zero-order chi connectivity index (χ0) is 23.3. The second kappa shape index (κ2) is 10.2. The molecule has 32 heavy (non-hydrogen) atoms. The SMILES string of the molecule is Cc1ccc(S(=O)(=O)N2CCN(CC(=O)NN=Cc3ccc(Cl)c([N+](=O)[O-])c3)CC2)cc1. The van der Waals surface area contributed by atoms with Crippen LogP contribution in [0.15, 0.2) is 52.5 Å². The van der Waals surface area contributed by atoms with Crippen molar-refractivity contribution in [3.8, 4) is 0 Å². The molecule has 1 aliphatic heterocycles. The third-order valence-corrected chi connectivity index (χ3v) is 7.16. The zero-order valence-corrected chi connectivity index (χ0v) is 18.8. The molecular weight excluding hydrogens is 458 g/mol. The summed E-state index contributed by atoms with van der Waals surface area (Å²) in [6, 6.07) is 10.9. The Labute approximate surface area is 190 Å². The number of carbonyl (C=O) groups is 1. The number of aryl methyl sites for hydroxylation is 1. The second-order valence-electron chi connectivity index (χ2n) is 7.25. The lowest BCUT2D eigenvalue weighted by Crippen LogP contribution is -2.50. The van der Waals surface area contributed by atoms with Crippen LogP contribution in [-0.4, -0.2) is 67.4 Å². The van der Waals surface area contributed by atoms with Crippen LogP contribution in [0.5, 0.6) is 0 Å². The summed E-state index contributed by atoms with van der Waals surface area (Å²) in [5.41, 5.74) is 3.52. The Balaban J connectivity index is 1.49. The Morgan fingerprint density at radius 3 is 2.47 bits per heavy atom. The van der Waals surface area contributed by atoms with Gasteiger partial charge in [-0.2, -0.15) is 9.41 Å². The number of rotatable bonds is 7. The van der Waals surface area contributed by atoms with Gasteiger partial charge in [-0.1, -0.05) is 35.4 Å². The molecule has 12 heteroatoms. The fourth-order valence-electron chi connectivity index (χ4n) is 3.15. The first-order chi connectivity index (χ1) is 15.2. The number of nitro groups is 1. The summed E-state index contributed by atoms with van der Waals surface area (Å²) >= 11 is 5.76. The number of hydrogen-bond donors (Lipinski definition) is 1. The molecule has 0 bridgehead atoms. The minimum absolute atomic E-state index is 0.0136. The highest BCUT2D eigenvalue weighted by molar-refractivity contribution is 7.89. The van der Waals surface area contributed by atoms with Gasteiger partial charge in [-0.25, -0.2) is 13.8 Å². The van der Waals surface area contributed by atoms with Crippen molar-refractivity contribution in [3.05, 3.63) is 68.7 Å². The Morgan fingerprint density at radius 1 is 1.19 bits per heavy atom. The van der Waals surface area contributed by atoms with Crippen LogP contribution >= 0.6 is 11.6 Å². The quantitative estimate of drug-likeness (QED) is 0.368. The molecule has 2 aromatic rings. The van der Waals surface area contributed by atoms with E-state index in [2.05, 4.69) is 10.5 Å². The number of hydrazone groups is 1. The molecule has 1 amide bonds. The largest absolute Gasteiger partial charge is 0.292 e. The summed E-state index contributed by atoms with van der Waals surface area (Å²) in [5, 5.41) is 14.7. The van der Waals surface area contributed by atoms with Crippen molar-refractivity contribution in [2.24, 2.45) is 5.10 Å². The fraction of sp³-hybridized carbons (Fsp3) is 0.300. The van der Waals surface area contributed by atoms with Crippen LogP contribution in [0.1, 0.15) is 11.1 Å². The van der Waals surface area contributed by atoms with Crippen LogP contribution in [0.25, 0.3) is 0 Å². The van der Waals surface area contributed by atoms with Gasteiger partial charge in [0.15, 0.2) is 0 Å². The normalized spacial score (nSPS) is 15.7. The van der Waals surface area contributed by atoms with E-state index in [1.54, 1.807) is 30.3 Å². The number of carbonyl (C=O) groups excluding carboxylic acids is 1. The maximum Gasteiger partial charge on any atom is 0.288 e. The molecule has 2 aromatic carbocycles. The Morgan fingerprint density at radius 2 is 1.84 bits per heavy atom. The molecule has 0 unspecified atom stereocenters. The summed E-state index contributed by atoms with van der Waals surface area (Å²) in [7, 11) is -3.56. The van der Waals surface area contributed by atoms with Crippen molar-refractivity contribution < 1.29 is 18.1 Å². The number of nitrogens with one attached hydrogen (secondary N) is 1. The standard InChI is InChI=1S/C20H22ClN5O5S/c1-15-2-5-17(6-3-15)32(30,31)25-10-8-24(9-11-25)14-20(27)23-22-13-16-4-7-18(21)19(12-16)26(28)29/h2-7,12-13H,8-11,14H2,1H3,(H,23,27). The smallest absolute Gasteiger partial charge is 0.288 e. The summed E-state index contributed by atoms with van der Waals surface area (Å²) in [5.74, 6) is -0.375. The minimum atomic E-state index is -3.56. The molecule has 0 aromatic heterocycles. The van der Waals surface area contributed by atoms with Gasteiger partial charge < -0.3 is 0 Å². The van der Waals surface area contributed by atoms with Crippen molar-refractivity contribution in [3.63, 3.8) is 0 Å². The number of halogens is 1. The average molecular weight is 480 g/mol. The molecule has 0 aliphatic carbocycles. The van der Waals surface area contributed by atoms with E-state index in [-0.39, 0.29) is 41.1 Å². The number of sulfonamides is 1. The van der Waals surface area contributed by atoms with Crippen molar-refractivity contribution in [2.45, 2.75) is 11.8 Å². The highest BCUT2D eigenvalue weighted by Gasteiger charge is 2.28. The van der Waals surface area contributed by atoms with E-state index in [4.69, 9.17) is 11.6 Å². The molecular formula is C20H22ClN5O5S. The molecule has 1 aliphatic rings. The van der Waals surface area contributed by atoms with Crippen LogP contribution in [0.3, 0.4) is 0 Å². The highest BCUT2D eigenvalue weighted by atomic mass is 35.5. The molecule has 10 nitrogen and oxygen atoms in total. The number of nitrogens with zero attached hydrogens (tertiary/aromatic N) is 4. The number of hydrogen-bond acceptors (Lipinski definition) is 7. The van der Waals surface area contributed by atoms with Crippen LogP contribution in [-0.2, 0) is 14.8 Å². The maximum atomic E-state index is 12.7. The van der Waals surface area contributed by atoms with Crippen molar-refractivity contribution in [2.75, 3.05) is 32.7 Å². The number of benzene rings is 2. The molecule has 0 saturated carbocycles. The van der Waals surface area contributed by atoms with Gasteiger partial charge in [-0.3, -0.25) is 19.8 Å². The third-order valence-electron chi connectivity index (χ3n) is 4.93. The fourth-order valence-corrected chi connectivity index (χ4v) is 4.76. The number of amides is 1. The first kappa shape index (κ1) is 23.8. The predicted octanol–water partition coefficient (Wildman–Crippen LogP) is 2.01. The van der Waals surface area contributed by atoms with E-state index in [9.17, 15) is 23.3 Å². The Kier molecular flexibility index (Phi) is 7.56. The van der Waals surface area contributed by atoms with E-state index in [0.717, 1.165) is 5.56 Å². The monoisotopic (exact) mass is 479 g/mol. The minimum Gasteiger partial charge on any atom is -0.292 e. The van der Waals surface area contributed by atoms with Crippen molar-refractivity contribution in [1.82, 2.24) is 14.6 Å². The first-order valence-electron chi connectivity index (χ1n) is 9.72. The summed E-state index contributed by atoms with van der Waals surface area (Å²) in [6.07, 6.45) is 1.29. The average Bonchev–Trinajstić information content (AvgIpc) is 2.75. The van der Waals surface area contributed by atoms with Crippen LogP contribution in [0.2, 0.25) is 5.02 Å². The summed E-state index contributed by atoms with van der Waals surface area (Å²) < 4.78 is 26.9. The van der Waals surface area contributed by atoms with Crippen LogP contribution in [0, 0.1) is 17.0 Å². The molecule has 1 N–H and O–H groups in total. The summed E-state index contributed by atoms with van der Waals surface area (Å²) in [6.45, 7) is 3.32. The lowest BCUT2D eigenvalue weighted by Gasteiger charge is -2.33. The number of piperazine rings is 1. The second-order valence-corrected chi connectivity index (χ2v) is 9.60. The van der Waals surface area contributed by atoms with Gasteiger partial charge in [0, 0.05) is 37.8 Å². The first-order valence-corrected chi connectivity index (χ1v) is 11.5. The van der Waals surface area contributed by atoms with Crippen LogP contribution in [0.4, 0.5) is 5.69 Å². The highest BCUT2D eigenvalue weighted by Crippen LogP contribution is 2.24. The van der Waals surface area contributed by atoms with E-state index >= 15 is 0 Å². The van der Waals surface area contributed by atoms with Gasteiger partial charge in [0.05, 0.1) is 22.6 Å². The molecule has 1 heterocycles. The molecule has 0 atom stereocenters. The van der Waals surface area contributed by atoms with Crippen molar-refractivity contribution >= 4 is 39.4 Å². The van der Waals surface area contributed by atoms with Gasteiger partial charge in [0.2, 0.25) is 10.0 Å². The van der Waals surface area contributed by atoms with Gasteiger partial charge >= 0.3 is 0 Å². The number of nitro benzene ring substituents is 1. The molecule has 170 valence electrons. The van der Waals surface area contributed by atoms with Gasteiger partial charge in [-0.15, -0.1) is 0 Å². The van der Waals surface area contributed by atoms with E-state index in [1.807, 2.05) is 11.8 Å². The molecule has 0 radical (unpaired) electrons. The topological polar surface area (TPSA) is 125 Å². The molecule has 1 saturated heterocycles. The Hall–Kier alpha value is -2.86. The van der Waals surface area contributed by atoms with Gasteiger partial charge in [0.25, 0.3) is 11.6 Å². The molecule has 1 fully saturated rings. The van der Waals surface area contributed by atoms with E-state index < -0.39 is 14.9 Å². The zero-order valence-electron chi connectivity index (χ0n) is 17.3. The lowest BCUT2D eigenvalue weighted by atomic mass is 10.2. The van der Waals surface area contributed by atoms with Gasteiger partial charge in [-0.05, 0) is 25.1 Å². The third kappa shape index (κ3) is 5.88. The van der Waals surface area contributed by atoms with E-state index in [0.29, 0.717) is 18.7 Å².